The van der Waals surface area contributed by atoms with Crippen LogP contribution in [0.1, 0.15) is 23.5 Å². The van der Waals surface area contributed by atoms with Crippen LogP contribution in [0.2, 0.25) is 0 Å². The van der Waals surface area contributed by atoms with E-state index in [9.17, 15) is 0 Å². The number of ether oxygens (including phenoxy) is 1. The molecular formula is C10H14N2O2S. The fourth-order valence-corrected chi connectivity index (χ4v) is 2.62. The standard InChI is InChI=1S/C10H14N2O2S/c1-14-10-7-5-15-6-8(7)11-9(12-10)3-2-4-13/h13H,2-6H2,1H3. The van der Waals surface area contributed by atoms with Crippen LogP contribution in [0.25, 0.3) is 0 Å². The lowest BCUT2D eigenvalue weighted by molar-refractivity contribution is 0.287. The molecule has 0 amide bonds. The van der Waals surface area contributed by atoms with Crippen LogP contribution in [0.15, 0.2) is 0 Å². The molecule has 2 rings (SSSR count). The van der Waals surface area contributed by atoms with E-state index in [1.165, 1.54) is 0 Å². The zero-order chi connectivity index (χ0) is 10.7. The van der Waals surface area contributed by atoms with Crippen molar-refractivity contribution in [1.82, 2.24) is 9.97 Å². The lowest BCUT2D eigenvalue weighted by atomic mass is 10.2. The van der Waals surface area contributed by atoms with Gasteiger partial charge < -0.3 is 9.84 Å². The number of aliphatic hydroxyl groups is 1. The number of rotatable bonds is 4. The molecule has 0 unspecified atom stereocenters. The Morgan fingerprint density at radius 2 is 2.27 bits per heavy atom. The zero-order valence-corrected chi connectivity index (χ0v) is 9.51. The maximum absolute atomic E-state index is 8.76. The fourth-order valence-electron chi connectivity index (χ4n) is 1.59. The first-order valence-corrected chi connectivity index (χ1v) is 6.12. The van der Waals surface area contributed by atoms with Crippen LogP contribution in [0.4, 0.5) is 0 Å². The van der Waals surface area contributed by atoms with Crippen LogP contribution in [0, 0.1) is 0 Å². The van der Waals surface area contributed by atoms with Gasteiger partial charge in [0, 0.05) is 30.1 Å². The number of thioether (sulfide) groups is 1. The number of methoxy groups -OCH3 is 1. The first-order chi connectivity index (χ1) is 7.35. The summed E-state index contributed by atoms with van der Waals surface area (Å²) in [6.07, 6.45) is 1.42. The maximum atomic E-state index is 8.76. The van der Waals surface area contributed by atoms with Crippen molar-refractivity contribution < 1.29 is 9.84 Å². The van der Waals surface area contributed by atoms with Crippen molar-refractivity contribution in [3.8, 4) is 5.88 Å². The van der Waals surface area contributed by atoms with Gasteiger partial charge in [0.2, 0.25) is 5.88 Å². The normalized spacial score (nSPS) is 14.0. The molecular weight excluding hydrogens is 212 g/mol. The Labute approximate surface area is 93.1 Å². The van der Waals surface area contributed by atoms with Crippen molar-refractivity contribution in [1.29, 1.82) is 0 Å². The number of fused-ring (bicyclic) bond motifs is 1. The number of aromatic nitrogens is 2. The summed E-state index contributed by atoms with van der Waals surface area (Å²) in [5.74, 6) is 3.37. The van der Waals surface area contributed by atoms with Crippen molar-refractivity contribution in [2.24, 2.45) is 0 Å². The van der Waals surface area contributed by atoms with E-state index in [0.29, 0.717) is 18.7 Å². The molecule has 1 N–H and O–H groups in total. The molecule has 0 atom stereocenters. The van der Waals surface area contributed by atoms with E-state index in [1.807, 2.05) is 11.8 Å². The average molecular weight is 226 g/mol. The SMILES string of the molecule is COc1nc(CCCO)nc2c1CSC2. The molecule has 15 heavy (non-hydrogen) atoms. The van der Waals surface area contributed by atoms with Gasteiger partial charge in [0.25, 0.3) is 0 Å². The Kier molecular flexibility index (Phi) is 3.43. The van der Waals surface area contributed by atoms with Gasteiger partial charge in [-0.05, 0) is 6.42 Å². The second-order valence-corrected chi connectivity index (χ2v) is 4.38. The van der Waals surface area contributed by atoms with E-state index < -0.39 is 0 Å². The monoisotopic (exact) mass is 226 g/mol. The second-order valence-electron chi connectivity index (χ2n) is 3.39. The number of aryl methyl sites for hydroxylation is 1. The molecule has 5 heteroatoms. The van der Waals surface area contributed by atoms with Gasteiger partial charge >= 0.3 is 0 Å². The van der Waals surface area contributed by atoms with E-state index in [4.69, 9.17) is 9.84 Å². The van der Waals surface area contributed by atoms with Crippen LogP contribution in [-0.2, 0) is 17.9 Å². The third kappa shape index (κ3) is 2.23. The number of aliphatic hydroxyl groups excluding tert-OH is 1. The molecule has 0 aromatic carbocycles. The summed E-state index contributed by atoms with van der Waals surface area (Å²) < 4.78 is 5.25. The third-order valence-electron chi connectivity index (χ3n) is 2.34. The minimum absolute atomic E-state index is 0.178. The largest absolute Gasteiger partial charge is 0.481 e. The predicted octanol–water partition coefficient (Wildman–Crippen LogP) is 1.16. The summed E-state index contributed by atoms with van der Waals surface area (Å²) in [5.41, 5.74) is 2.23. The molecule has 0 radical (unpaired) electrons. The topological polar surface area (TPSA) is 55.2 Å². The second kappa shape index (κ2) is 4.81. The van der Waals surface area contributed by atoms with Gasteiger partial charge in [0.05, 0.1) is 12.8 Å². The Balaban J connectivity index is 2.26. The van der Waals surface area contributed by atoms with Crippen molar-refractivity contribution in [3.05, 3.63) is 17.1 Å². The molecule has 0 bridgehead atoms. The lowest BCUT2D eigenvalue weighted by Crippen LogP contribution is -2.04. The van der Waals surface area contributed by atoms with Gasteiger partial charge in [-0.1, -0.05) is 0 Å². The Bertz CT molecular complexity index is 358. The minimum Gasteiger partial charge on any atom is -0.481 e. The Morgan fingerprint density at radius 1 is 1.40 bits per heavy atom. The first-order valence-electron chi connectivity index (χ1n) is 4.96. The molecule has 1 aliphatic rings. The van der Waals surface area contributed by atoms with Crippen LogP contribution < -0.4 is 4.74 Å². The summed E-state index contributed by atoms with van der Waals surface area (Å²) in [4.78, 5) is 8.82. The molecule has 0 spiro atoms. The minimum atomic E-state index is 0.178. The van der Waals surface area contributed by atoms with Crippen LogP contribution in [0.5, 0.6) is 5.88 Å². The molecule has 0 aliphatic carbocycles. The predicted molar refractivity (Wildman–Crippen MR) is 59.0 cm³/mol. The molecule has 0 saturated carbocycles. The summed E-state index contributed by atoms with van der Waals surface area (Å²) in [6.45, 7) is 0.178. The van der Waals surface area contributed by atoms with E-state index in [-0.39, 0.29) is 6.61 Å². The summed E-state index contributed by atoms with van der Waals surface area (Å²) in [7, 11) is 1.64. The highest BCUT2D eigenvalue weighted by molar-refractivity contribution is 7.98. The molecule has 1 aliphatic heterocycles. The van der Waals surface area contributed by atoms with Gasteiger partial charge in [0.15, 0.2) is 0 Å². The highest BCUT2D eigenvalue weighted by atomic mass is 32.2. The van der Waals surface area contributed by atoms with Crippen molar-refractivity contribution in [2.75, 3.05) is 13.7 Å². The lowest BCUT2D eigenvalue weighted by Gasteiger charge is -2.07. The van der Waals surface area contributed by atoms with E-state index in [2.05, 4.69) is 9.97 Å². The number of hydrogen-bond donors (Lipinski definition) is 1. The van der Waals surface area contributed by atoms with Gasteiger partial charge in [-0.15, -0.1) is 0 Å². The van der Waals surface area contributed by atoms with Crippen molar-refractivity contribution in [2.45, 2.75) is 24.3 Å². The Morgan fingerprint density at radius 3 is 3.00 bits per heavy atom. The molecule has 0 saturated heterocycles. The molecule has 1 aromatic rings. The van der Waals surface area contributed by atoms with Crippen LogP contribution in [-0.4, -0.2) is 28.8 Å². The van der Waals surface area contributed by atoms with Crippen LogP contribution in [0.3, 0.4) is 0 Å². The van der Waals surface area contributed by atoms with E-state index >= 15 is 0 Å². The van der Waals surface area contributed by atoms with Gasteiger partial charge in [0.1, 0.15) is 5.82 Å². The van der Waals surface area contributed by atoms with Crippen molar-refractivity contribution in [3.63, 3.8) is 0 Å². The Hall–Kier alpha value is -0.810. The quantitative estimate of drug-likeness (QED) is 0.835. The third-order valence-corrected chi connectivity index (χ3v) is 3.31. The number of nitrogens with zero attached hydrogens (tertiary/aromatic N) is 2. The molecule has 0 fully saturated rings. The number of hydrogen-bond acceptors (Lipinski definition) is 5. The smallest absolute Gasteiger partial charge is 0.220 e. The highest BCUT2D eigenvalue weighted by Crippen LogP contribution is 2.33. The molecule has 82 valence electrons. The molecule has 4 nitrogen and oxygen atoms in total. The first kappa shape index (κ1) is 10.7. The van der Waals surface area contributed by atoms with Gasteiger partial charge in [-0.3, -0.25) is 0 Å². The fraction of sp³-hybridized carbons (Fsp3) is 0.600. The summed E-state index contributed by atoms with van der Waals surface area (Å²) >= 11 is 1.83. The zero-order valence-electron chi connectivity index (χ0n) is 8.69. The van der Waals surface area contributed by atoms with E-state index in [1.54, 1.807) is 7.11 Å². The molecule has 1 aromatic heterocycles. The van der Waals surface area contributed by atoms with Gasteiger partial charge in [-0.25, -0.2) is 4.98 Å². The van der Waals surface area contributed by atoms with Gasteiger partial charge in [-0.2, -0.15) is 16.7 Å². The maximum Gasteiger partial charge on any atom is 0.220 e. The summed E-state index contributed by atoms with van der Waals surface area (Å²) in [6, 6.07) is 0. The van der Waals surface area contributed by atoms with E-state index in [0.717, 1.165) is 28.6 Å². The summed E-state index contributed by atoms with van der Waals surface area (Å²) in [5, 5.41) is 8.76. The molecule has 2 heterocycles. The highest BCUT2D eigenvalue weighted by Gasteiger charge is 2.19. The van der Waals surface area contributed by atoms with Crippen LogP contribution >= 0.6 is 11.8 Å². The average Bonchev–Trinajstić information content (AvgIpc) is 2.73. The van der Waals surface area contributed by atoms with Crippen molar-refractivity contribution >= 4 is 11.8 Å².